The minimum Gasteiger partial charge on any atom is -0.508 e. The van der Waals surface area contributed by atoms with Crippen LogP contribution in [-0.2, 0) is 22.2 Å². The number of alkyl halides is 6. The molecule has 0 radical (unpaired) electrons. The first-order valence-electron chi connectivity index (χ1n) is 37.9. The number of esters is 1. The summed E-state index contributed by atoms with van der Waals surface area (Å²) in [6.45, 7) is 4.86. The number of benzene rings is 10. The van der Waals surface area contributed by atoms with Crippen molar-refractivity contribution in [2.24, 2.45) is 0 Å². The van der Waals surface area contributed by atoms with Crippen molar-refractivity contribution in [2.75, 3.05) is 73.2 Å². The zero-order valence-corrected chi connectivity index (χ0v) is 67.9. The highest BCUT2D eigenvalue weighted by molar-refractivity contribution is 7.91. The zero-order valence-electron chi connectivity index (χ0n) is 65.5. The molecular weight excluding hydrogens is 1690 g/mol. The van der Waals surface area contributed by atoms with Gasteiger partial charge in [0.2, 0.25) is 17.8 Å². The van der Waals surface area contributed by atoms with Gasteiger partial charge in [-0.2, -0.15) is 26.3 Å². The quantitative estimate of drug-likeness (QED) is 0.0110. The highest BCUT2D eigenvalue weighted by Crippen LogP contribution is 2.33. The lowest BCUT2D eigenvalue weighted by Gasteiger charge is -2.14. The lowest BCUT2D eigenvalue weighted by molar-refractivity contribution is -0.138. The molecule has 1 aliphatic rings. The van der Waals surface area contributed by atoms with Gasteiger partial charge in [-0.15, -0.1) is 0 Å². The van der Waals surface area contributed by atoms with Crippen molar-refractivity contribution < 1.29 is 78.2 Å². The van der Waals surface area contributed by atoms with E-state index >= 15 is 0 Å². The maximum Gasteiger partial charge on any atom is 0.416 e. The van der Waals surface area contributed by atoms with E-state index in [1.165, 1.54) is 117 Å². The summed E-state index contributed by atoms with van der Waals surface area (Å²) in [6, 6.07) is 57.9. The van der Waals surface area contributed by atoms with Crippen LogP contribution in [0, 0.1) is 6.92 Å². The molecule has 636 valence electrons. The number of sulfone groups is 1. The number of likely N-dealkylation sites (tertiary alicyclic amines) is 1. The lowest BCUT2D eigenvalue weighted by Crippen LogP contribution is -2.22. The van der Waals surface area contributed by atoms with E-state index in [1.54, 1.807) is 115 Å². The van der Waals surface area contributed by atoms with Gasteiger partial charge in [0.15, 0.2) is 9.84 Å². The number of carbonyl (C=O) groups excluding carboxylic acids is 7. The second-order valence-corrected chi connectivity index (χ2v) is 30.5. The van der Waals surface area contributed by atoms with Crippen LogP contribution in [0.15, 0.2) is 279 Å². The molecule has 14 rings (SSSR count). The van der Waals surface area contributed by atoms with Crippen LogP contribution in [0.4, 0.5) is 95.4 Å². The molecule has 6 amide bonds. The van der Waals surface area contributed by atoms with Gasteiger partial charge in [0.1, 0.15) is 11.5 Å². The fourth-order valence-electron chi connectivity index (χ4n) is 12.0. The van der Waals surface area contributed by atoms with E-state index in [0.717, 1.165) is 61.6 Å². The van der Waals surface area contributed by atoms with E-state index in [4.69, 9.17) is 27.9 Å². The largest absolute Gasteiger partial charge is 0.508 e. The molecular formula is C89H72Cl2F6N16O11S. The maximum atomic E-state index is 13.0. The number of carbonyl (C=O) groups is 7. The number of hydrogen-bond acceptors (Lipinski definition) is 21. The molecule has 36 heteroatoms. The van der Waals surface area contributed by atoms with Crippen molar-refractivity contribution in [3.63, 3.8) is 0 Å². The van der Waals surface area contributed by atoms with Crippen LogP contribution in [0.25, 0.3) is 0 Å². The first-order chi connectivity index (χ1) is 59.9. The van der Waals surface area contributed by atoms with Gasteiger partial charge in [0, 0.05) is 56.4 Å². The highest BCUT2D eigenvalue weighted by Gasteiger charge is 2.33. The van der Waals surface area contributed by atoms with E-state index in [1.807, 2.05) is 25.1 Å². The minimum absolute atomic E-state index is 0.00577. The Morgan fingerprint density at radius 1 is 0.400 bits per heavy atom. The number of amides is 6. The van der Waals surface area contributed by atoms with Gasteiger partial charge in [-0.1, -0.05) is 71.7 Å². The SMILES string of the molecule is Cc1cccc(NC(=O)c2cccc(C(=O)Nc3cnc(Nc4ccc(S(=O)(=O)CCCN5CCCC5)cc4)nc3)c2)c1.O=C(Nc1ccc(Cl)c(C(=O)Nc2cnc(Nc3ccc(O)cc3)nc2)c1)c1cccc(C(F)(F)F)c1.O=C(Nc1ccc(Cl)c(C(=O)Nc2cnc(Nc3ccc(OC(=O)c4ccccc4)cc3)nc2)c1)c1cccc(C(F)(F)F)c1. The summed E-state index contributed by atoms with van der Waals surface area (Å²) in [6.07, 6.45) is 2.16. The Balaban J connectivity index is 0.000000172. The fraction of sp³-hybridized carbons (Fsp3) is 0.112. The Morgan fingerprint density at radius 2 is 0.760 bits per heavy atom. The molecule has 0 unspecified atom stereocenters. The molecule has 27 nitrogen and oxygen atoms in total. The smallest absolute Gasteiger partial charge is 0.416 e. The van der Waals surface area contributed by atoms with Crippen molar-refractivity contribution in [3.05, 3.63) is 339 Å². The van der Waals surface area contributed by atoms with Crippen molar-refractivity contribution in [1.82, 2.24) is 34.8 Å². The number of halogens is 8. The summed E-state index contributed by atoms with van der Waals surface area (Å²) in [5.41, 5.74) is 3.53. The Bertz CT molecular complexity index is 6170. The van der Waals surface area contributed by atoms with Crippen molar-refractivity contribution in [3.8, 4) is 11.5 Å². The molecule has 13 aromatic rings. The van der Waals surface area contributed by atoms with Crippen LogP contribution in [0.2, 0.25) is 10.0 Å². The summed E-state index contributed by atoms with van der Waals surface area (Å²) in [4.78, 5) is 116. The number of phenols is 1. The number of rotatable bonds is 25. The molecule has 125 heavy (non-hydrogen) atoms. The minimum atomic E-state index is -4.60. The number of nitrogens with one attached hydrogen (secondary N) is 9. The standard InChI is InChI=1S/C32H21ClF3N5O4.C32H34N6O4S.C25H17ClF3N5O3/c33-27-14-11-23(39-28(42)20-7-4-8-21(15-20)32(34,35)36)16-26(27)29(43)40-24-17-37-31(38-18-24)41-22-9-12-25(13-10-22)45-30(44)19-5-2-1-3-6-19;1-23-7-4-10-27(19-23)35-30(39)24-8-5-9-25(20-24)31(40)36-28-21-33-32(34-22-28)37-26-11-13-29(14-12-26)43(41,42)18-6-17-38-15-2-3-16-38;26-21-9-6-17(32-22(36)14-2-1-3-15(10-14)25(27,28)29)11-20(21)23(37)33-18-12-30-24(31-13-18)34-16-4-7-19(35)8-5-16/h1-18H,(H,39,42)(H,40,43)(H,37,38,41);4-5,7-14,19-22H,2-3,6,15-18H2,1H3,(H,35,39)(H,36,40)(H,33,34,37);1-13,35H,(H,32,36)(H,33,37)(H,30,31,34). The zero-order chi connectivity index (χ0) is 88.8. The molecule has 10 aromatic carbocycles. The molecule has 0 spiro atoms. The number of nitrogens with zero attached hydrogens (tertiary/aromatic N) is 7. The predicted octanol–water partition coefficient (Wildman–Crippen LogP) is 19.0. The average Bonchev–Trinajstić information content (AvgIpc) is 1.81. The molecule has 1 saturated heterocycles. The molecule has 3 aromatic heterocycles. The average molecular weight is 1760 g/mol. The number of aromatic nitrogens is 6. The van der Waals surface area contributed by atoms with Crippen molar-refractivity contribution in [1.29, 1.82) is 0 Å². The van der Waals surface area contributed by atoms with Crippen LogP contribution in [-0.4, -0.2) is 115 Å². The monoisotopic (exact) mass is 1760 g/mol. The summed E-state index contributed by atoms with van der Waals surface area (Å²) in [5, 5.41) is 34.2. The van der Waals surface area contributed by atoms with Gasteiger partial charge in [0.05, 0.1) is 103 Å². The topological polar surface area (TPSA) is 372 Å². The second kappa shape index (κ2) is 41.0. The first-order valence-corrected chi connectivity index (χ1v) is 40.3. The van der Waals surface area contributed by atoms with Gasteiger partial charge < -0.3 is 62.6 Å². The van der Waals surface area contributed by atoms with Crippen molar-refractivity contribution in [2.45, 2.75) is 43.4 Å². The third kappa shape index (κ3) is 26.0. The number of aromatic hydroxyl groups is 1. The Kier molecular flexibility index (Phi) is 29.3. The lowest BCUT2D eigenvalue weighted by atomic mass is 10.1. The number of ether oxygens (including phenoxy) is 1. The summed E-state index contributed by atoms with van der Waals surface area (Å²) in [7, 11) is -3.35. The van der Waals surface area contributed by atoms with E-state index in [-0.39, 0.29) is 95.2 Å². The molecule has 1 fully saturated rings. The van der Waals surface area contributed by atoms with E-state index in [2.05, 4.69) is 82.7 Å². The van der Waals surface area contributed by atoms with E-state index < -0.39 is 68.8 Å². The number of phenolic OH excluding ortho intramolecular Hbond substituents is 1. The van der Waals surface area contributed by atoms with Gasteiger partial charge in [-0.3, -0.25) is 28.8 Å². The predicted molar refractivity (Wildman–Crippen MR) is 462 cm³/mol. The second-order valence-electron chi connectivity index (χ2n) is 27.6. The van der Waals surface area contributed by atoms with Crippen molar-refractivity contribution >= 4 is 143 Å². The number of aryl methyl sites for hydroxylation is 1. The van der Waals surface area contributed by atoms with Crippen LogP contribution < -0.4 is 52.6 Å². The molecule has 0 atom stereocenters. The number of anilines is 12. The molecule has 0 aliphatic carbocycles. The first kappa shape index (κ1) is 89.3. The van der Waals surface area contributed by atoms with E-state index in [0.29, 0.717) is 57.3 Å². The van der Waals surface area contributed by atoms with Gasteiger partial charge >= 0.3 is 18.3 Å². The molecule has 4 heterocycles. The van der Waals surface area contributed by atoms with Crippen LogP contribution in [0.1, 0.15) is 108 Å². The number of hydrogen-bond donors (Lipinski definition) is 10. The highest BCUT2D eigenvalue weighted by atomic mass is 35.5. The fourth-order valence-corrected chi connectivity index (χ4v) is 13.7. The molecule has 1 aliphatic heterocycles. The molecule has 10 N–H and O–H groups in total. The summed E-state index contributed by atoms with van der Waals surface area (Å²) >= 11 is 12.4. The van der Waals surface area contributed by atoms with Crippen LogP contribution in [0.3, 0.4) is 0 Å². The Labute approximate surface area is 720 Å². The summed E-state index contributed by atoms with van der Waals surface area (Å²) < 4.78 is 109. The van der Waals surface area contributed by atoms with Crippen LogP contribution >= 0.6 is 23.2 Å². The maximum absolute atomic E-state index is 13.0. The van der Waals surface area contributed by atoms with Gasteiger partial charge in [0.25, 0.3) is 35.4 Å². The van der Waals surface area contributed by atoms with Crippen LogP contribution in [0.5, 0.6) is 11.5 Å². The normalized spacial score (nSPS) is 11.8. The summed E-state index contributed by atoms with van der Waals surface area (Å²) in [5.74, 6) is -2.71. The molecule has 0 bridgehead atoms. The Hall–Kier alpha value is -15.0. The van der Waals surface area contributed by atoms with E-state index in [9.17, 15) is 73.4 Å². The Morgan fingerprint density at radius 3 is 1.18 bits per heavy atom. The van der Waals surface area contributed by atoms with Gasteiger partial charge in [-0.05, 0) is 239 Å². The third-order valence-corrected chi connectivity index (χ3v) is 20.7. The van der Waals surface area contributed by atoms with Gasteiger partial charge in [-0.25, -0.2) is 43.1 Å². The molecule has 0 saturated carbocycles. The third-order valence-electron chi connectivity index (χ3n) is 18.2.